The van der Waals surface area contributed by atoms with Gasteiger partial charge in [-0.2, -0.15) is 0 Å². The van der Waals surface area contributed by atoms with Crippen molar-refractivity contribution in [2.24, 2.45) is 5.73 Å². The van der Waals surface area contributed by atoms with Gasteiger partial charge in [0.1, 0.15) is 6.61 Å². The van der Waals surface area contributed by atoms with Crippen LogP contribution in [0.4, 0.5) is 10.5 Å². The van der Waals surface area contributed by atoms with Crippen molar-refractivity contribution in [3.05, 3.63) is 29.8 Å². The lowest BCUT2D eigenvalue weighted by molar-refractivity contribution is 0.0241. The number of ether oxygens (including phenoxy) is 3. The molecule has 0 saturated heterocycles. The first-order valence-corrected chi connectivity index (χ1v) is 5.60. The summed E-state index contributed by atoms with van der Waals surface area (Å²) in [6.45, 7) is 1.86. The number of hydrogen-bond donors (Lipinski definition) is 2. The van der Waals surface area contributed by atoms with Gasteiger partial charge in [-0.3, -0.25) is 0 Å². The fraction of sp³-hybridized carbons (Fsp3) is 0.417. The third-order valence-electron chi connectivity index (χ3n) is 2.06. The monoisotopic (exact) mass is 254 g/mol. The molecule has 100 valence electrons. The predicted molar refractivity (Wildman–Crippen MR) is 66.9 cm³/mol. The fourth-order valence-corrected chi connectivity index (χ4v) is 1.29. The van der Waals surface area contributed by atoms with Gasteiger partial charge in [0.15, 0.2) is 0 Å². The van der Waals surface area contributed by atoms with Crippen LogP contribution in [0.2, 0.25) is 0 Å². The molecule has 6 heteroatoms. The van der Waals surface area contributed by atoms with Gasteiger partial charge in [0.25, 0.3) is 0 Å². The molecule has 0 fully saturated rings. The molecule has 0 aliphatic heterocycles. The minimum Gasteiger partial charge on any atom is -0.447 e. The van der Waals surface area contributed by atoms with Crippen LogP contribution < -0.4 is 11.5 Å². The van der Waals surface area contributed by atoms with Crippen LogP contribution in [0.25, 0.3) is 0 Å². The molecule has 18 heavy (non-hydrogen) atoms. The van der Waals surface area contributed by atoms with Crippen LogP contribution in [0, 0.1) is 0 Å². The van der Waals surface area contributed by atoms with E-state index in [1.165, 1.54) is 0 Å². The second-order valence-electron chi connectivity index (χ2n) is 3.58. The van der Waals surface area contributed by atoms with Crippen molar-refractivity contribution in [2.45, 2.75) is 6.61 Å². The molecule has 0 radical (unpaired) electrons. The molecule has 0 aliphatic carbocycles. The number of hydrogen-bond acceptors (Lipinski definition) is 5. The minimum absolute atomic E-state index is 0.157. The second-order valence-corrected chi connectivity index (χ2v) is 3.58. The summed E-state index contributed by atoms with van der Waals surface area (Å²) >= 11 is 0. The van der Waals surface area contributed by atoms with E-state index in [9.17, 15) is 4.79 Å². The molecule has 6 nitrogen and oxygen atoms in total. The molecule has 1 aromatic rings. The smallest absolute Gasteiger partial charge is 0.404 e. The third kappa shape index (κ3) is 6.72. The quantitative estimate of drug-likeness (QED) is 0.530. The number of amides is 1. The summed E-state index contributed by atoms with van der Waals surface area (Å²) in [6, 6.07) is 7.51. The second kappa shape index (κ2) is 8.32. The normalized spacial score (nSPS) is 10.2. The van der Waals surface area contributed by atoms with Gasteiger partial charge in [0.2, 0.25) is 0 Å². The molecular formula is C12H18N2O4. The molecule has 1 aromatic carbocycles. The summed E-state index contributed by atoms with van der Waals surface area (Å²) in [7, 11) is 0. The SMILES string of the molecule is NC(=O)OCCOCCOCc1cccc(N)c1. The van der Waals surface area contributed by atoms with Gasteiger partial charge >= 0.3 is 6.09 Å². The molecule has 0 spiro atoms. The predicted octanol–water partition coefficient (Wildman–Crippen LogP) is 0.897. The van der Waals surface area contributed by atoms with Crippen molar-refractivity contribution >= 4 is 11.8 Å². The number of carbonyl (C=O) groups is 1. The van der Waals surface area contributed by atoms with E-state index < -0.39 is 6.09 Å². The van der Waals surface area contributed by atoms with E-state index in [4.69, 9.17) is 20.9 Å². The number of nitrogen functional groups attached to an aromatic ring is 1. The molecule has 1 amide bonds. The summed E-state index contributed by atoms with van der Waals surface area (Å²) in [5.74, 6) is 0. The maximum absolute atomic E-state index is 10.2. The van der Waals surface area contributed by atoms with Crippen molar-refractivity contribution in [3.63, 3.8) is 0 Å². The van der Waals surface area contributed by atoms with E-state index in [-0.39, 0.29) is 6.61 Å². The first kappa shape index (κ1) is 14.3. The lowest BCUT2D eigenvalue weighted by atomic mass is 10.2. The van der Waals surface area contributed by atoms with Crippen LogP contribution in [0.3, 0.4) is 0 Å². The van der Waals surface area contributed by atoms with E-state index in [0.717, 1.165) is 11.3 Å². The van der Waals surface area contributed by atoms with Gasteiger partial charge in [-0.1, -0.05) is 12.1 Å². The van der Waals surface area contributed by atoms with Gasteiger partial charge in [0.05, 0.1) is 26.4 Å². The Labute approximate surface area is 106 Å². The highest BCUT2D eigenvalue weighted by atomic mass is 16.6. The summed E-state index contributed by atoms with van der Waals surface area (Å²) in [5, 5.41) is 0. The molecule has 0 saturated carbocycles. The Morgan fingerprint density at radius 3 is 2.56 bits per heavy atom. The summed E-state index contributed by atoms with van der Waals surface area (Å²) in [4.78, 5) is 10.2. The van der Waals surface area contributed by atoms with Crippen LogP contribution in [0.5, 0.6) is 0 Å². The van der Waals surface area contributed by atoms with Crippen molar-refractivity contribution in [1.82, 2.24) is 0 Å². The fourth-order valence-electron chi connectivity index (χ4n) is 1.29. The van der Waals surface area contributed by atoms with Crippen molar-refractivity contribution in [2.75, 3.05) is 32.2 Å². The third-order valence-corrected chi connectivity index (χ3v) is 2.06. The van der Waals surface area contributed by atoms with E-state index in [0.29, 0.717) is 26.4 Å². The molecule has 1 rings (SSSR count). The number of carbonyl (C=O) groups excluding carboxylic acids is 1. The molecule has 0 aliphatic rings. The summed E-state index contributed by atoms with van der Waals surface area (Å²) < 4.78 is 15.0. The maximum atomic E-state index is 10.2. The zero-order chi connectivity index (χ0) is 13.2. The molecule has 0 aromatic heterocycles. The summed E-state index contributed by atoms with van der Waals surface area (Å²) in [6.07, 6.45) is -0.795. The summed E-state index contributed by atoms with van der Waals surface area (Å²) in [5.41, 5.74) is 12.2. The van der Waals surface area contributed by atoms with E-state index in [2.05, 4.69) is 4.74 Å². The van der Waals surface area contributed by atoms with E-state index >= 15 is 0 Å². The highest BCUT2D eigenvalue weighted by Crippen LogP contribution is 2.07. The molecular weight excluding hydrogens is 236 g/mol. The van der Waals surface area contributed by atoms with E-state index in [1.807, 2.05) is 24.3 Å². The number of primary amides is 1. The molecule has 0 unspecified atom stereocenters. The number of rotatable bonds is 8. The standard InChI is InChI=1S/C12H18N2O4/c13-11-3-1-2-10(8-11)9-17-5-4-16-6-7-18-12(14)15/h1-3,8H,4-7,9,13H2,(H2,14,15). The van der Waals surface area contributed by atoms with E-state index in [1.54, 1.807) is 0 Å². The first-order chi connectivity index (χ1) is 8.68. The van der Waals surface area contributed by atoms with Crippen molar-refractivity contribution < 1.29 is 19.0 Å². The Bertz CT molecular complexity index is 371. The van der Waals surface area contributed by atoms with Crippen LogP contribution in [-0.4, -0.2) is 32.5 Å². The zero-order valence-electron chi connectivity index (χ0n) is 10.1. The average molecular weight is 254 g/mol. The number of nitrogens with two attached hydrogens (primary N) is 2. The average Bonchev–Trinajstić information content (AvgIpc) is 2.32. The van der Waals surface area contributed by atoms with Gasteiger partial charge in [-0.15, -0.1) is 0 Å². The Morgan fingerprint density at radius 2 is 1.83 bits per heavy atom. The van der Waals surface area contributed by atoms with Gasteiger partial charge in [-0.05, 0) is 17.7 Å². The van der Waals surface area contributed by atoms with Crippen molar-refractivity contribution in [3.8, 4) is 0 Å². The van der Waals surface area contributed by atoms with Gasteiger partial charge < -0.3 is 25.7 Å². The Hall–Kier alpha value is -1.79. The van der Waals surface area contributed by atoms with Crippen LogP contribution >= 0.6 is 0 Å². The maximum Gasteiger partial charge on any atom is 0.404 e. The van der Waals surface area contributed by atoms with Gasteiger partial charge in [-0.25, -0.2) is 4.79 Å². The van der Waals surface area contributed by atoms with Crippen molar-refractivity contribution in [1.29, 1.82) is 0 Å². The lowest BCUT2D eigenvalue weighted by Gasteiger charge is -2.06. The van der Waals surface area contributed by atoms with Gasteiger partial charge in [0, 0.05) is 5.69 Å². The Morgan fingerprint density at radius 1 is 1.11 bits per heavy atom. The minimum atomic E-state index is -0.795. The molecule has 0 heterocycles. The van der Waals surface area contributed by atoms with Crippen LogP contribution in [0.15, 0.2) is 24.3 Å². The highest BCUT2D eigenvalue weighted by Gasteiger charge is 1.96. The number of anilines is 1. The molecule has 0 bridgehead atoms. The molecule has 4 N–H and O–H groups in total. The largest absolute Gasteiger partial charge is 0.447 e. The molecule has 0 atom stereocenters. The Balaban J connectivity index is 1.97. The topological polar surface area (TPSA) is 96.8 Å². The van der Waals surface area contributed by atoms with Crippen LogP contribution in [-0.2, 0) is 20.8 Å². The Kier molecular flexibility index (Phi) is 6.60. The zero-order valence-corrected chi connectivity index (χ0v) is 10.1. The number of benzene rings is 1. The first-order valence-electron chi connectivity index (χ1n) is 5.60. The van der Waals surface area contributed by atoms with Crippen LogP contribution in [0.1, 0.15) is 5.56 Å². The lowest BCUT2D eigenvalue weighted by Crippen LogP contribution is -2.17. The highest BCUT2D eigenvalue weighted by molar-refractivity contribution is 5.64.